The van der Waals surface area contributed by atoms with Crippen LogP contribution in [0.2, 0.25) is 10.0 Å². The van der Waals surface area contributed by atoms with Gasteiger partial charge in [0.1, 0.15) is 17.1 Å². The highest BCUT2D eigenvalue weighted by molar-refractivity contribution is 7.89. The summed E-state index contributed by atoms with van der Waals surface area (Å²) in [5.41, 5.74) is 3.96. The summed E-state index contributed by atoms with van der Waals surface area (Å²) >= 11 is 12.1. The van der Waals surface area contributed by atoms with E-state index in [2.05, 4.69) is 0 Å². The molecular formula is C34H30Cl2N2O6S. The van der Waals surface area contributed by atoms with Gasteiger partial charge in [0.25, 0.3) is 0 Å². The smallest absolute Gasteiger partial charge is 0.343 e. The summed E-state index contributed by atoms with van der Waals surface area (Å²) in [5.74, 6) is -0.599. The van der Waals surface area contributed by atoms with Crippen molar-refractivity contribution in [2.24, 2.45) is 0 Å². The molecule has 0 radical (unpaired) electrons. The second-order valence-electron chi connectivity index (χ2n) is 10.6. The highest BCUT2D eigenvalue weighted by atomic mass is 35.5. The number of allylic oxidation sites excluding steroid dienone is 2. The minimum atomic E-state index is -3.98. The van der Waals surface area contributed by atoms with Crippen molar-refractivity contribution in [1.82, 2.24) is 4.31 Å². The van der Waals surface area contributed by atoms with Gasteiger partial charge in [-0.15, -0.1) is 0 Å². The molecule has 5 rings (SSSR count). The standard InChI is InChI=1S/C34H30Cl2N2O6S/c1-21-15-22(2)17-27(16-21)38-23(3)32(34(40)43-4)33(39)31(38)18-28-11-12-29(44-28)20-37(19-24-5-7-25(35)8-6-24)45(41,42)30-13-9-26(36)10-14-30/h5-18H,19-20H2,1-4H3/b31-18+. The van der Waals surface area contributed by atoms with Crippen LogP contribution < -0.4 is 4.90 Å². The van der Waals surface area contributed by atoms with Crippen molar-refractivity contribution >= 4 is 56.7 Å². The van der Waals surface area contributed by atoms with E-state index in [1.165, 1.54) is 35.7 Å². The number of sulfonamides is 1. The van der Waals surface area contributed by atoms with Gasteiger partial charge in [0, 0.05) is 34.1 Å². The van der Waals surface area contributed by atoms with Crippen molar-refractivity contribution in [3.63, 3.8) is 0 Å². The molecule has 0 aliphatic carbocycles. The van der Waals surface area contributed by atoms with Gasteiger partial charge in [0.15, 0.2) is 0 Å². The van der Waals surface area contributed by atoms with Gasteiger partial charge in [0.2, 0.25) is 15.8 Å². The van der Waals surface area contributed by atoms with Crippen LogP contribution in [0.1, 0.15) is 35.1 Å². The van der Waals surface area contributed by atoms with E-state index in [4.69, 9.17) is 32.4 Å². The first kappa shape index (κ1) is 32.2. The summed E-state index contributed by atoms with van der Waals surface area (Å²) in [6, 6.07) is 22.0. The molecule has 2 heterocycles. The highest BCUT2D eigenvalue weighted by Crippen LogP contribution is 2.37. The predicted molar refractivity (Wildman–Crippen MR) is 174 cm³/mol. The Labute approximate surface area is 272 Å². The first-order chi connectivity index (χ1) is 21.4. The molecule has 1 aromatic heterocycles. The molecule has 0 amide bonds. The van der Waals surface area contributed by atoms with Gasteiger partial charge in [-0.3, -0.25) is 4.79 Å². The molecule has 0 saturated heterocycles. The third-order valence-electron chi connectivity index (χ3n) is 7.27. The Hall–Kier alpha value is -4.15. The van der Waals surface area contributed by atoms with Crippen molar-refractivity contribution in [3.05, 3.63) is 134 Å². The fourth-order valence-corrected chi connectivity index (χ4v) is 6.86. The molecule has 0 bridgehead atoms. The fraction of sp³-hybridized carbons (Fsp3) is 0.176. The van der Waals surface area contributed by atoms with Gasteiger partial charge in [0.05, 0.1) is 24.2 Å². The van der Waals surface area contributed by atoms with E-state index in [0.29, 0.717) is 33.0 Å². The Kier molecular flexibility index (Phi) is 9.36. The third-order valence-corrected chi connectivity index (χ3v) is 9.58. The third kappa shape index (κ3) is 6.92. The number of carbonyl (C=O) groups is 2. The minimum absolute atomic E-state index is 0.0455. The number of hydrogen-bond donors (Lipinski definition) is 0. The Morgan fingerprint density at radius 2 is 1.49 bits per heavy atom. The minimum Gasteiger partial charge on any atom is -0.465 e. The second kappa shape index (κ2) is 13.1. The number of nitrogens with zero attached hydrogens (tertiary/aromatic N) is 2. The van der Waals surface area contributed by atoms with E-state index in [1.54, 1.807) is 54.3 Å². The average Bonchev–Trinajstić information content (AvgIpc) is 3.53. The number of aryl methyl sites for hydroxylation is 2. The summed E-state index contributed by atoms with van der Waals surface area (Å²) in [7, 11) is -2.75. The van der Waals surface area contributed by atoms with Crippen molar-refractivity contribution in [2.75, 3.05) is 12.0 Å². The number of halogens is 2. The first-order valence-corrected chi connectivity index (χ1v) is 16.1. The Morgan fingerprint density at radius 3 is 2.09 bits per heavy atom. The number of methoxy groups -OCH3 is 1. The summed E-state index contributed by atoms with van der Waals surface area (Å²) in [6.45, 7) is 5.53. The monoisotopic (exact) mass is 664 g/mol. The molecule has 0 spiro atoms. The number of ketones is 1. The average molecular weight is 666 g/mol. The predicted octanol–water partition coefficient (Wildman–Crippen LogP) is 7.47. The number of esters is 1. The maximum atomic E-state index is 13.8. The van der Waals surface area contributed by atoms with E-state index in [1.807, 2.05) is 32.0 Å². The van der Waals surface area contributed by atoms with Crippen molar-refractivity contribution in [2.45, 2.75) is 38.8 Å². The molecule has 0 atom stereocenters. The van der Waals surface area contributed by atoms with Gasteiger partial charge < -0.3 is 14.1 Å². The van der Waals surface area contributed by atoms with E-state index in [-0.39, 0.29) is 29.3 Å². The van der Waals surface area contributed by atoms with Gasteiger partial charge in [-0.2, -0.15) is 4.31 Å². The summed E-state index contributed by atoms with van der Waals surface area (Å²) in [5, 5.41) is 0.948. The van der Waals surface area contributed by atoms with E-state index >= 15 is 0 Å². The number of carbonyl (C=O) groups excluding carboxylic acids is 2. The van der Waals surface area contributed by atoms with Crippen molar-refractivity contribution in [3.8, 4) is 0 Å². The van der Waals surface area contributed by atoms with Crippen LogP contribution in [0.15, 0.2) is 105 Å². The summed E-state index contributed by atoms with van der Waals surface area (Å²) in [4.78, 5) is 28.0. The zero-order valence-electron chi connectivity index (χ0n) is 25.0. The lowest BCUT2D eigenvalue weighted by Crippen LogP contribution is -2.30. The Morgan fingerprint density at radius 1 is 0.889 bits per heavy atom. The molecule has 11 heteroatoms. The zero-order valence-corrected chi connectivity index (χ0v) is 27.3. The van der Waals surface area contributed by atoms with Gasteiger partial charge in [-0.25, -0.2) is 13.2 Å². The van der Waals surface area contributed by atoms with E-state index in [9.17, 15) is 18.0 Å². The molecular weight excluding hydrogens is 635 g/mol. The van der Waals surface area contributed by atoms with Crippen molar-refractivity contribution < 1.29 is 27.2 Å². The normalized spacial score (nSPS) is 14.6. The molecule has 4 aromatic rings. The molecule has 0 unspecified atom stereocenters. The molecule has 232 valence electrons. The number of benzene rings is 3. The first-order valence-electron chi connectivity index (χ1n) is 13.9. The molecule has 0 saturated carbocycles. The second-order valence-corrected chi connectivity index (χ2v) is 13.5. The zero-order chi connectivity index (χ0) is 32.5. The summed E-state index contributed by atoms with van der Waals surface area (Å²) < 4.78 is 39.8. The van der Waals surface area contributed by atoms with Crippen LogP contribution in [0.5, 0.6) is 0 Å². The lowest BCUT2D eigenvalue weighted by molar-refractivity contribution is -0.137. The number of rotatable bonds is 9. The lowest BCUT2D eigenvalue weighted by atomic mass is 10.1. The summed E-state index contributed by atoms with van der Waals surface area (Å²) in [6.07, 6.45) is 1.54. The molecule has 0 N–H and O–H groups in total. The molecule has 1 aliphatic rings. The van der Waals surface area contributed by atoms with Gasteiger partial charge in [-0.1, -0.05) is 41.4 Å². The maximum absolute atomic E-state index is 13.8. The Balaban J connectivity index is 1.51. The lowest BCUT2D eigenvalue weighted by Gasteiger charge is -2.22. The van der Waals surface area contributed by atoms with Crippen molar-refractivity contribution in [1.29, 1.82) is 0 Å². The van der Waals surface area contributed by atoms with Crippen LogP contribution >= 0.6 is 23.2 Å². The van der Waals surface area contributed by atoms with Crippen LogP contribution in [0, 0.1) is 13.8 Å². The topological polar surface area (TPSA) is 97.1 Å². The van der Waals surface area contributed by atoms with E-state index < -0.39 is 21.8 Å². The van der Waals surface area contributed by atoms with Crippen LogP contribution in [-0.2, 0) is 37.4 Å². The largest absolute Gasteiger partial charge is 0.465 e. The molecule has 1 aliphatic heterocycles. The number of Topliss-reactive ketones (excluding diaryl/α,β-unsaturated/α-hetero) is 1. The van der Waals surface area contributed by atoms with E-state index in [0.717, 1.165) is 16.7 Å². The van der Waals surface area contributed by atoms with Crippen LogP contribution in [0.4, 0.5) is 5.69 Å². The molecule has 3 aromatic carbocycles. The number of ether oxygens (including phenoxy) is 1. The molecule has 0 fully saturated rings. The number of anilines is 1. The molecule has 8 nitrogen and oxygen atoms in total. The molecule has 45 heavy (non-hydrogen) atoms. The number of furan rings is 1. The number of hydrogen-bond acceptors (Lipinski definition) is 7. The van der Waals surface area contributed by atoms with Crippen LogP contribution in [0.25, 0.3) is 6.08 Å². The van der Waals surface area contributed by atoms with Gasteiger partial charge in [-0.05, 0) is 98.1 Å². The quantitative estimate of drug-likeness (QED) is 0.104. The van der Waals surface area contributed by atoms with Crippen LogP contribution in [-0.4, -0.2) is 31.6 Å². The Bertz CT molecular complexity index is 1920. The van der Waals surface area contributed by atoms with Gasteiger partial charge >= 0.3 is 5.97 Å². The fourth-order valence-electron chi connectivity index (χ4n) is 5.21. The van der Waals surface area contributed by atoms with Crippen LogP contribution in [0.3, 0.4) is 0 Å². The SMILES string of the molecule is COC(=O)C1=C(C)N(c2cc(C)cc(C)c2)/C(=C/c2ccc(CN(Cc3ccc(Cl)cc3)S(=O)(=O)c3ccc(Cl)cc3)o2)C1=O. The maximum Gasteiger partial charge on any atom is 0.343 e. The highest BCUT2D eigenvalue weighted by Gasteiger charge is 2.38.